The summed E-state index contributed by atoms with van der Waals surface area (Å²) in [6, 6.07) is 0. The molecule has 13 heavy (non-hydrogen) atoms. The average molecular weight is 186 g/mol. The van der Waals surface area contributed by atoms with Crippen LogP contribution in [0, 0.1) is 0 Å². The van der Waals surface area contributed by atoms with Crippen LogP contribution in [0.5, 0.6) is 0 Å². The lowest BCUT2D eigenvalue weighted by Gasteiger charge is -1.99. The predicted molar refractivity (Wildman–Crippen MR) is 51.7 cm³/mol. The Bertz CT molecular complexity index is 171. The van der Waals surface area contributed by atoms with Gasteiger partial charge in [0.1, 0.15) is 0 Å². The van der Waals surface area contributed by atoms with Crippen LogP contribution >= 0.6 is 0 Å². The van der Waals surface area contributed by atoms with Crippen LogP contribution in [0.2, 0.25) is 0 Å². The summed E-state index contributed by atoms with van der Waals surface area (Å²) in [4.78, 5) is 9.25. The second-order valence-electron chi connectivity index (χ2n) is 3.38. The number of carbonyl (C=O) groups is 1. The van der Waals surface area contributed by atoms with Crippen molar-refractivity contribution >= 4 is 5.97 Å². The second-order valence-corrected chi connectivity index (χ2v) is 3.38. The van der Waals surface area contributed by atoms with Gasteiger partial charge in [0, 0.05) is 6.08 Å². The van der Waals surface area contributed by atoms with Gasteiger partial charge in [-0.25, -0.2) is 4.79 Å². The largest absolute Gasteiger partial charge is 0.478 e. The van der Waals surface area contributed by atoms with Crippen LogP contribution in [-0.2, 0) is 9.53 Å². The fourth-order valence-electron chi connectivity index (χ4n) is 0.818. The first kappa shape index (κ1) is 12.2. The Morgan fingerprint density at radius 3 is 2.46 bits per heavy atom. The van der Waals surface area contributed by atoms with E-state index in [-0.39, 0.29) is 0 Å². The summed E-state index contributed by atoms with van der Waals surface area (Å²) in [5, 5.41) is 7.60. The molecule has 1 unspecified atom stereocenters. The molecule has 0 bridgehead atoms. The summed E-state index contributed by atoms with van der Waals surface area (Å²) in [5.74, 6) is -0.981. The van der Waals surface area contributed by atoms with E-state index in [1.54, 1.807) is 0 Å². The Morgan fingerprint density at radius 2 is 2.23 bits per heavy atom. The van der Waals surface area contributed by atoms with Gasteiger partial charge in [0.25, 0.3) is 0 Å². The SMILES string of the molecule is C=CC(=O)O.CCCCC1(C)CO1. The van der Waals surface area contributed by atoms with Crippen molar-refractivity contribution in [3.63, 3.8) is 0 Å². The molecule has 0 amide bonds. The highest BCUT2D eigenvalue weighted by atomic mass is 16.6. The van der Waals surface area contributed by atoms with Gasteiger partial charge in [-0.15, -0.1) is 0 Å². The molecule has 1 aliphatic heterocycles. The normalized spacial score (nSPS) is 24.2. The molecular weight excluding hydrogens is 168 g/mol. The van der Waals surface area contributed by atoms with E-state index in [1.165, 1.54) is 19.3 Å². The van der Waals surface area contributed by atoms with E-state index in [2.05, 4.69) is 20.4 Å². The summed E-state index contributed by atoms with van der Waals surface area (Å²) in [5.41, 5.74) is 0.302. The minimum Gasteiger partial charge on any atom is -0.478 e. The van der Waals surface area contributed by atoms with E-state index in [4.69, 9.17) is 9.84 Å². The molecule has 0 aliphatic carbocycles. The van der Waals surface area contributed by atoms with Crippen molar-refractivity contribution in [1.29, 1.82) is 0 Å². The van der Waals surface area contributed by atoms with Crippen molar-refractivity contribution in [2.45, 2.75) is 38.7 Å². The number of hydrogen-bond donors (Lipinski definition) is 1. The van der Waals surface area contributed by atoms with Crippen LogP contribution in [0.25, 0.3) is 0 Å². The van der Waals surface area contributed by atoms with Gasteiger partial charge in [-0.2, -0.15) is 0 Å². The molecule has 0 aromatic heterocycles. The van der Waals surface area contributed by atoms with Gasteiger partial charge in [-0.05, 0) is 13.3 Å². The molecule has 1 atom stereocenters. The first-order valence-corrected chi connectivity index (χ1v) is 4.53. The quantitative estimate of drug-likeness (QED) is 0.541. The number of carboxylic acid groups (broad SMARTS) is 1. The minimum absolute atomic E-state index is 0.302. The number of epoxide rings is 1. The molecule has 0 spiro atoms. The summed E-state index contributed by atoms with van der Waals surface area (Å²) >= 11 is 0. The fourth-order valence-corrected chi connectivity index (χ4v) is 0.818. The van der Waals surface area contributed by atoms with Crippen LogP contribution in [0.15, 0.2) is 12.7 Å². The van der Waals surface area contributed by atoms with Crippen molar-refractivity contribution in [2.24, 2.45) is 0 Å². The zero-order valence-corrected chi connectivity index (χ0v) is 8.38. The maximum atomic E-state index is 9.25. The third-order valence-electron chi connectivity index (χ3n) is 1.87. The predicted octanol–water partition coefficient (Wildman–Crippen LogP) is 2.22. The number of unbranched alkanes of at least 4 members (excludes halogenated alkanes) is 1. The first-order valence-electron chi connectivity index (χ1n) is 4.53. The van der Waals surface area contributed by atoms with Crippen LogP contribution < -0.4 is 0 Å². The fraction of sp³-hybridized carbons (Fsp3) is 0.700. The van der Waals surface area contributed by atoms with Gasteiger partial charge < -0.3 is 9.84 Å². The molecule has 3 nitrogen and oxygen atoms in total. The van der Waals surface area contributed by atoms with Crippen molar-refractivity contribution in [3.8, 4) is 0 Å². The van der Waals surface area contributed by atoms with E-state index in [0.29, 0.717) is 5.60 Å². The zero-order chi connectivity index (χ0) is 10.3. The molecule has 0 radical (unpaired) electrons. The molecule has 1 aliphatic rings. The lowest BCUT2D eigenvalue weighted by Crippen LogP contribution is -2.02. The Balaban J connectivity index is 0.000000252. The molecule has 0 aromatic carbocycles. The summed E-state index contributed by atoms with van der Waals surface area (Å²) < 4.78 is 5.20. The highest BCUT2D eigenvalue weighted by molar-refractivity contribution is 5.78. The van der Waals surface area contributed by atoms with E-state index in [1.807, 2.05) is 0 Å². The van der Waals surface area contributed by atoms with E-state index >= 15 is 0 Å². The standard InChI is InChI=1S/C7H14O.C3H4O2/c1-3-4-5-7(2)6-8-7;1-2-3(4)5/h3-6H2,1-2H3;2H,1H2,(H,4,5). The molecule has 1 rings (SSSR count). The van der Waals surface area contributed by atoms with Gasteiger partial charge in [0.15, 0.2) is 0 Å². The van der Waals surface area contributed by atoms with Crippen molar-refractivity contribution in [2.75, 3.05) is 6.61 Å². The zero-order valence-electron chi connectivity index (χ0n) is 8.38. The van der Waals surface area contributed by atoms with E-state index in [9.17, 15) is 4.79 Å². The van der Waals surface area contributed by atoms with Crippen molar-refractivity contribution in [3.05, 3.63) is 12.7 Å². The van der Waals surface area contributed by atoms with Crippen molar-refractivity contribution in [1.82, 2.24) is 0 Å². The highest BCUT2D eigenvalue weighted by Gasteiger charge is 2.37. The molecule has 0 aromatic rings. The van der Waals surface area contributed by atoms with E-state index < -0.39 is 5.97 Å². The Hall–Kier alpha value is -0.830. The van der Waals surface area contributed by atoms with Crippen LogP contribution in [0.3, 0.4) is 0 Å². The highest BCUT2D eigenvalue weighted by Crippen LogP contribution is 2.31. The topological polar surface area (TPSA) is 49.8 Å². The number of ether oxygens (including phenoxy) is 1. The molecule has 76 valence electrons. The summed E-state index contributed by atoms with van der Waals surface area (Å²) in [6.45, 7) is 8.35. The smallest absolute Gasteiger partial charge is 0.327 e. The van der Waals surface area contributed by atoms with Gasteiger partial charge in [0.05, 0.1) is 12.2 Å². The molecule has 1 N–H and O–H groups in total. The van der Waals surface area contributed by atoms with Crippen LogP contribution in [0.1, 0.15) is 33.1 Å². The molecule has 1 fully saturated rings. The molecule has 0 saturated carbocycles. The number of hydrogen-bond acceptors (Lipinski definition) is 2. The number of carboxylic acids is 1. The maximum Gasteiger partial charge on any atom is 0.327 e. The van der Waals surface area contributed by atoms with Gasteiger partial charge >= 0.3 is 5.97 Å². The van der Waals surface area contributed by atoms with Gasteiger partial charge in [-0.1, -0.05) is 26.3 Å². The Kier molecular flexibility index (Phi) is 5.39. The van der Waals surface area contributed by atoms with Crippen molar-refractivity contribution < 1.29 is 14.6 Å². The first-order chi connectivity index (χ1) is 6.04. The third kappa shape index (κ3) is 7.53. The lowest BCUT2D eigenvalue weighted by molar-refractivity contribution is -0.131. The minimum atomic E-state index is -0.981. The van der Waals surface area contributed by atoms with Gasteiger partial charge in [-0.3, -0.25) is 0 Å². The molecular formula is C10H18O3. The summed E-state index contributed by atoms with van der Waals surface area (Å²) in [6.07, 6.45) is 4.69. The second kappa shape index (κ2) is 5.75. The molecule has 1 heterocycles. The number of rotatable bonds is 4. The van der Waals surface area contributed by atoms with Crippen LogP contribution in [0.4, 0.5) is 0 Å². The third-order valence-corrected chi connectivity index (χ3v) is 1.87. The summed E-state index contributed by atoms with van der Waals surface area (Å²) in [7, 11) is 0. The van der Waals surface area contributed by atoms with E-state index in [0.717, 1.165) is 12.7 Å². The van der Waals surface area contributed by atoms with Gasteiger partial charge in [0.2, 0.25) is 0 Å². The lowest BCUT2D eigenvalue weighted by atomic mass is 10.1. The molecule has 1 saturated heterocycles. The van der Waals surface area contributed by atoms with Crippen LogP contribution in [-0.4, -0.2) is 23.3 Å². The monoisotopic (exact) mass is 186 g/mol. The average Bonchev–Trinajstić information content (AvgIpc) is 2.82. The maximum absolute atomic E-state index is 9.25. The molecule has 3 heteroatoms. The Morgan fingerprint density at radius 1 is 1.77 bits per heavy atom. The number of aliphatic carboxylic acids is 1. The Labute approximate surface area is 79.4 Å².